The number of hydrogen-bond donors (Lipinski definition) is 1. The molecule has 1 aliphatic carbocycles. The van der Waals surface area contributed by atoms with Crippen molar-refractivity contribution < 1.29 is 9.63 Å². The van der Waals surface area contributed by atoms with Crippen LogP contribution in [0.25, 0.3) is 0 Å². The van der Waals surface area contributed by atoms with Crippen LogP contribution in [0.1, 0.15) is 50.8 Å². The van der Waals surface area contributed by atoms with Crippen LogP contribution >= 0.6 is 0 Å². The van der Waals surface area contributed by atoms with E-state index >= 15 is 0 Å². The number of urea groups is 1. The highest BCUT2D eigenvalue weighted by atomic mass is 16.7. The molecule has 3 rings (SSSR count). The van der Waals surface area contributed by atoms with E-state index in [0.29, 0.717) is 12.6 Å². The van der Waals surface area contributed by atoms with Gasteiger partial charge in [0.2, 0.25) is 0 Å². The molecule has 1 N–H and O–H groups in total. The van der Waals surface area contributed by atoms with Gasteiger partial charge in [0.05, 0.1) is 6.04 Å². The van der Waals surface area contributed by atoms with Crippen LogP contribution in [0, 0.1) is 0 Å². The van der Waals surface area contributed by atoms with E-state index in [0.717, 1.165) is 18.4 Å². The van der Waals surface area contributed by atoms with Crippen LogP contribution in [-0.2, 0) is 4.84 Å². The number of amides is 2. The summed E-state index contributed by atoms with van der Waals surface area (Å²) in [7, 11) is 1.93. The molecule has 2 amide bonds. The van der Waals surface area contributed by atoms with Gasteiger partial charge in [-0.1, -0.05) is 49.6 Å². The van der Waals surface area contributed by atoms with Gasteiger partial charge in [0.15, 0.2) is 6.23 Å². The minimum absolute atomic E-state index is 0.00861. The maximum Gasteiger partial charge on any atom is 0.320 e. The van der Waals surface area contributed by atoms with Gasteiger partial charge in [-0.3, -0.25) is 9.74 Å². The first-order chi connectivity index (χ1) is 11.1. The second-order valence-electron chi connectivity index (χ2n) is 6.70. The lowest BCUT2D eigenvalue weighted by Crippen LogP contribution is -2.56. The van der Waals surface area contributed by atoms with E-state index < -0.39 is 0 Å². The maximum atomic E-state index is 12.8. The zero-order chi connectivity index (χ0) is 16.2. The van der Waals surface area contributed by atoms with Gasteiger partial charge in [0, 0.05) is 25.2 Å². The monoisotopic (exact) mass is 317 g/mol. The first-order valence-electron chi connectivity index (χ1n) is 8.67. The van der Waals surface area contributed by atoms with Crippen molar-refractivity contribution in [2.24, 2.45) is 0 Å². The van der Waals surface area contributed by atoms with Gasteiger partial charge in [0.1, 0.15) is 0 Å². The topological polar surface area (TPSA) is 44.8 Å². The van der Waals surface area contributed by atoms with Crippen molar-refractivity contribution >= 4 is 6.03 Å². The quantitative estimate of drug-likeness (QED) is 0.910. The summed E-state index contributed by atoms with van der Waals surface area (Å²) in [6.45, 7) is 2.73. The Bertz CT molecular complexity index is 516. The predicted molar refractivity (Wildman–Crippen MR) is 89.6 cm³/mol. The zero-order valence-corrected chi connectivity index (χ0v) is 14.1. The van der Waals surface area contributed by atoms with Crippen molar-refractivity contribution in [2.75, 3.05) is 13.6 Å². The van der Waals surface area contributed by atoms with Crippen LogP contribution < -0.4 is 5.32 Å². The van der Waals surface area contributed by atoms with Gasteiger partial charge in [-0.2, -0.15) is 5.06 Å². The van der Waals surface area contributed by atoms with Crippen molar-refractivity contribution in [3.8, 4) is 0 Å². The molecule has 23 heavy (non-hydrogen) atoms. The molecule has 1 saturated heterocycles. The standard InChI is InChI=1S/C18H27N3O2/c1-14-13-21(18(22)19-16-11-7-4-8-12-16)17(23-20(14)2)15-9-5-3-6-10-15/h3,5-6,9-10,14,16-17H,4,7-8,11-13H2,1-2H3,(H,19,22)/t14-,17-/m1/s1. The summed E-state index contributed by atoms with van der Waals surface area (Å²) in [6, 6.07) is 10.4. The van der Waals surface area contributed by atoms with Crippen molar-refractivity contribution in [1.29, 1.82) is 0 Å². The highest BCUT2D eigenvalue weighted by Gasteiger charge is 2.35. The molecule has 0 spiro atoms. The molecule has 0 unspecified atom stereocenters. The Labute approximate surface area is 138 Å². The first kappa shape index (κ1) is 16.3. The van der Waals surface area contributed by atoms with E-state index in [1.807, 2.05) is 47.3 Å². The van der Waals surface area contributed by atoms with Crippen LogP contribution in [0.3, 0.4) is 0 Å². The maximum absolute atomic E-state index is 12.8. The number of benzene rings is 1. The van der Waals surface area contributed by atoms with Crippen molar-refractivity contribution in [2.45, 2.75) is 57.3 Å². The van der Waals surface area contributed by atoms with E-state index in [4.69, 9.17) is 4.84 Å². The predicted octanol–water partition coefficient (Wildman–Crippen LogP) is 3.30. The summed E-state index contributed by atoms with van der Waals surface area (Å²) in [5.74, 6) is 0. The molecule has 0 bridgehead atoms. The molecule has 1 aromatic rings. The lowest BCUT2D eigenvalue weighted by atomic mass is 9.96. The molecule has 5 nitrogen and oxygen atoms in total. The van der Waals surface area contributed by atoms with Gasteiger partial charge in [0.25, 0.3) is 0 Å². The Kier molecular flexibility index (Phi) is 5.18. The van der Waals surface area contributed by atoms with Crippen LogP contribution in [-0.4, -0.2) is 41.7 Å². The SMILES string of the molecule is C[C@@H]1CN(C(=O)NC2CCCCC2)[C@@H](c2ccccc2)ON1C. The molecule has 2 atom stereocenters. The lowest BCUT2D eigenvalue weighted by Gasteiger charge is -2.43. The van der Waals surface area contributed by atoms with Crippen LogP contribution in [0.4, 0.5) is 4.79 Å². The van der Waals surface area contributed by atoms with Gasteiger partial charge >= 0.3 is 6.03 Å². The van der Waals surface area contributed by atoms with E-state index in [2.05, 4.69) is 12.2 Å². The molecule has 2 aliphatic rings. The normalized spacial score (nSPS) is 27.0. The molecular formula is C18H27N3O2. The van der Waals surface area contributed by atoms with Crippen molar-refractivity contribution in [1.82, 2.24) is 15.3 Å². The lowest BCUT2D eigenvalue weighted by molar-refractivity contribution is -0.273. The molecule has 0 radical (unpaired) electrons. The zero-order valence-electron chi connectivity index (χ0n) is 14.1. The second-order valence-corrected chi connectivity index (χ2v) is 6.70. The average molecular weight is 317 g/mol. The van der Waals surface area contributed by atoms with Gasteiger partial charge in [-0.25, -0.2) is 4.79 Å². The number of carbonyl (C=O) groups is 1. The third kappa shape index (κ3) is 3.85. The van der Waals surface area contributed by atoms with Gasteiger partial charge < -0.3 is 5.32 Å². The molecule has 0 aromatic heterocycles. The Balaban J connectivity index is 1.74. The molecule has 2 fully saturated rings. The summed E-state index contributed by atoms with van der Waals surface area (Å²) >= 11 is 0. The molecule has 5 heteroatoms. The number of nitrogens with one attached hydrogen (secondary N) is 1. The summed E-state index contributed by atoms with van der Waals surface area (Å²) in [5, 5.41) is 5.06. The third-order valence-corrected chi connectivity index (χ3v) is 4.91. The van der Waals surface area contributed by atoms with Gasteiger partial charge in [-0.15, -0.1) is 0 Å². The highest BCUT2D eigenvalue weighted by molar-refractivity contribution is 5.75. The second kappa shape index (κ2) is 7.32. The average Bonchev–Trinajstić information content (AvgIpc) is 2.58. The fraction of sp³-hybridized carbons (Fsp3) is 0.611. The van der Waals surface area contributed by atoms with Crippen LogP contribution in [0.15, 0.2) is 30.3 Å². The van der Waals surface area contributed by atoms with Crippen molar-refractivity contribution in [3.63, 3.8) is 0 Å². The number of likely N-dealkylation sites (N-methyl/N-ethyl adjacent to an activating group) is 1. The molecule has 126 valence electrons. The Morgan fingerprint density at radius 2 is 1.87 bits per heavy atom. The number of rotatable bonds is 2. The Hall–Kier alpha value is -1.59. The number of hydrogen-bond acceptors (Lipinski definition) is 3. The summed E-state index contributed by atoms with van der Waals surface area (Å²) in [5.41, 5.74) is 1.00. The smallest absolute Gasteiger partial charge is 0.320 e. The fourth-order valence-corrected chi connectivity index (χ4v) is 3.37. The minimum atomic E-state index is -0.360. The minimum Gasteiger partial charge on any atom is -0.335 e. The number of nitrogens with zero attached hydrogens (tertiary/aromatic N) is 2. The summed E-state index contributed by atoms with van der Waals surface area (Å²) < 4.78 is 0. The van der Waals surface area contributed by atoms with Crippen LogP contribution in [0.2, 0.25) is 0 Å². The van der Waals surface area contributed by atoms with E-state index in [-0.39, 0.29) is 18.3 Å². The van der Waals surface area contributed by atoms with Gasteiger partial charge in [-0.05, 0) is 19.8 Å². The van der Waals surface area contributed by atoms with Crippen molar-refractivity contribution in [3.05, 3.63) is 35.9 Å². The summed E-state index contributed by atoms with van der Waals surface area (Å²) in [6.07, 6.45) is 5.53. The largest absolute Gasteiger partial charge is 0.335 e. The van der Waals surface area contributed by atoms with E-state index in [1.165, 1.54) is 19.3 Å². The van der Waals surface area contributed by atoms with E-state index in [1.54, 1.807) is 0 Å². The number of carbonyl (C=O) groups excluding carboxylic acids is 1. The molecular weight excluding hydrogens is 290 g/mol. The Morgan fingerprint density at radius 3 is 2.57 bits per heavy atom. The number of hydroxylamine groups is 2. The molecule has 1 aromatic carbocycles. The molecule has 1 heterocycles. The summed E-state index contributed by atoms with van der Waals surface area (Å²) in [4.78, 5) is 20.7. The third-order valence-electron chi connectivity index (χ3n) is 4.91. The Morgan fingerprint density at radius 1 is 1.17 bits per heavy atom. The van der Waals surface area contributed by atoms with Crippen LogP contribution in [0.5, 0.6) is 0 Å². The fourth-order valence-electron chi connectivity index (χ4n) is 3.37. The molecule has 1 saturated carbocycles. The highest BCUT2D eigenvalue weighted by Crippen LogP contribution is 2.29. The first-order valence-corrected chi connectivity index (χ1v) is 8.67. The molecule has 1 aliphatic heterocycles. The van der Waals surface area contributed by atoms with E-state index in [9.17, 15) is 4.79 Å².